The largest absolute Gasteiger partial charge is 0.381 e. The molecule has 1 fully saturated rings. The van der Waals surface area contributed by atoms with Crippen LogP contribution in [0.5, 0.6) is 0 Å². The fourth-order valence-electron chi connectivity index (χ4n) is 3.16. The summed E-state index contributed by atoms with van der Waals surface area (Å²) in [5, 5.41) is 3.01. The van der Waals surface area contributed by atoms with Crippen LogP contribution in [0.1, 0.15) is 46.6 Å². The lowest BCUT2D eigenvalue weighted by Gasteiger charge is -2.11. The molecule has 2 aromatic rings. The number of nitrogens with one attached hydrogen (secondary N) is 1. The Labute approximate surface area is 150 Å². The highest BCUT2D eigenvalue weighted by molar-refractivity contribution is 5.95. The summed E-state index contributed by atoms with van der Waals surface area (Å²) in [6.45, 7) is 8.37. The summed E-state index contributed by atoms with van der Waals surface area (Å²) in [6, 6.07) is 10.3. The summed E-state index contributed by atoms with van der Waals surface area (Å²) < 4.78 is 7.75. The fourth-order valence-corrected chi connectivity index (χ4v) is 3.16. The van der Waals surface area contributed by atoms with Gasteiger partial charge < -0.3 is 14.6 Å². The summed E-state index contributed by atoms with van der Waals surface area (Å²) in [7, 11) is 0. The minimum Gasteiger partial charge on any atom is -0.381 e. The lowest BCUT2D eigenvalue weighted by molar-refractivity contribution is 0.0937. The molecule has 0 atom stereocenters. The minimum atomic E-state index is -0.00537. The molecular formula is C21H28N2O2. The number of aromatic nitrogens is 1. The Morgan fingerprint density at radius 3 is 2.76 bits per heavy atom. The number of benzene rings is 1. The second kappa shape index (κ2) is 7.87. The molecule has 0 bridgehead atoms. The van der Waals surface area contributed by atoms with E-state index in [1.165, 1.54) is 18.4 Å². The highest BCUT2D eigenvalue weighted by atomic mass is 16.5. The van der Waals surface area contributed by atoms with Crippen LogP contribution in [0.25, 0.3) is 5.69 Å². The first-order valence-electron chi connectivity index (χ1n) is 9.18. The first kappa shape index (κ1) is 17.7. The first-order valence-corrected chi connectivity index (χ1v) is 9.18. The average molecular weight is 340 g/mol. The van der Waals surface area contributed by atoms with E-state index in [9.17, 15) is 4.79 Å². The van der Waals surface area contributed by atoms with Gasteiger partial charge in [0.05, 0.1) is 5.56 Å². The van der Waals surface area contributed by atoms with Crippen LogP contribution >= 0.6 is 0 Å². The standard InChI is InChI=1S/C21H28N2O2/c1-15-6-4-7-19(12-15)23-16(2)13-20(17(23)3)21(24)22-10-5-11-25-14-18-8-9-18/h4,6-7,12-13,18H,5,8-11,14H2,1-3H3,(H,22,24). The third kappa shape index (κ3) is 4.51. The molecule has 134 valence electrons. The van der Waals surface area contributed by atoms with E-state index in [2.05, 4.69) is 35.0 Å². The van der Waals surface area contributed by atoms with Crippen molar-refractivity contribution in [1.82, 2.24) is 9.88 Å². The summed E-state index contributed by atoms with van der Waals surface area (Å²) >= 11 is 0. The number of aryl methyl sites for hydroxylation is 2. The van der Waals surface area contributed by atoms with Gasteiger partial charge in [-0.1, -0.05) is 12.1 Å². The fraction of sp³-hybridized carbons (Fsp3) is 0.476. The lowest BCUT2D eigenvalue weighted by atomic mass is 10.2. The lowest BCUT2D eigenvalue weighted by Crippen LogP contribution is -2.25. The van der Waals surface area contributed by atoms with Crippen LogP contribution < -0.4 is 5.32 Å². The maximum absolute atomic E-state index is 12.5. The van der Waals surface area contributed by atoms with Crippen molar-refractivity contribution < 1.29 is 9.53 Å². The van der Waals surface area contributed by atoms with Crippen molar-refractivity contribution in [2.24, 2.45) is 5.92 Å². The van der Waals surface area contributed by atoms with Crippen molar-refractivity contribution in [1.29, 1.82) is 0 Å². The molecule has 0 unspecified atom stereocenters. The second-order valence-electron chi connectivity index (χ2n) is 7.09. The van der Waals surface area contributed by atoms with Gasteiger partial charge in [-0.3, -0.25) is 4.79 Å². The van der Waals surface area contributed by atoms with Crippen molar-refractivity contribution >= 4 is 5.91 Å². The number of ether oxygens (including phenoxy) is 1. The maximum Gasteiger partial charge on any atom is 0.253 e. The van der Waals surface area contributed by atoms with E-state index in [-0.39, 0.29) is 5.91 Å². The number of hydrogen-bond acceptors (Lipinski definition) is 2. The Morgan fingerprint density at radius 2 is 2.04 bits per heavy atom. The summed E-state index contributed by atoms with van der Waals surface area (Å²) in [6.07, 6.45) is 3.48. The highest BCUT2D eigenvalue weighted by Crippen LogP contribution is 2.28. The zero-order chi connectivity index (χ0) is 17.8. The molecule has 0 aliphatic heterocycles. The van der Waals surface area contributed by atoms with Crippen molar-refractivity contribution in [3.05, 3.63) is 52.8 Å². The third-order valence-corrected chi connectivity index (χ3v) is 4.74. The van der Waals surface area contributed by atoms with Gasteiger partial charge in [-0.05, 0) is 69.7 Å². The zero-order valence-corrected chi connectivity index (χ0v) is 15.5. The molecule has 1 N–H and O–H groups in total. The Bertz CT molecular complexity index is 744. The SMILES string of the molecule is Cc1cccc(-n2c(C)cc(C(=O)NCCCOCC3CC3)c2C)c1. The van der Waals surface area contributed by atoms with E-state index >= 15 is 0 Å². The Hall–Kier alpha value is -2.07. The van der Waals surface area contributed by atoms with Gasteiger partial charge in [0.1, 0.15) is 0 Å². The van der Waals surface area contributed by atoms with Crippen LogP contribution in [0.3, 0.4) is 0 Å². The summed E-state index contributed by atoms with van der Waals surface area (Å²) in [5.74, 6) is 0.788. The number of nitrogens with zero attached hydrogens (tertiary/aromatic N) is 1. The van der Waals surface area contributed by atoms with Gasteiger partial charge in [-0.15, -0.1) is 0 Å². The van der Waals surface area contributed by atoms with Crippen molar-refractivity contribution in [3.63, 3.8) is 0 Å². The van der Waals surface area contributed by atoms with Gasteiger partial charge >= 0.3 is 0 Å². The normalized spacial score (nSPS) is 13.9. The van der Waals surface area contributed by atoms with Crippen molar-refractivity contribution in [3.8, 4) is 5.69 Å². The van der Waals surface area contributed by atoms with Crippen molar-refractivity contribution in [2.45, 2.75) is 40.0 Å². The van der Waals surface area contributed by atoms with E-state index in [1.54, 1.807) is 0 Å². The average Bonchev–Trinajstić information content (AvgIpc) is 3.35. The van der Waals surface area contributed by atoms with Crippen LogP contribution in [0, 0.1) is 26.7 Å². The van der Waals surface area contributed by atoms with Gasteiger partial charge in [0.15, 0.2) is 0 Å². The highest BCUT2D eigenvalue weighted by Gasteiger charge is 2.21. The number of rotatable bonds is 8. The molecule has 4 nitrogen and oxygen atoms in total. The van der Waals surface area contributed by atoms with E-state index in [0.717, 1.165) is 48.2 Å². The molecule has 0 saturated heterocycles. The van der Waals surface area contributed by atoms with Crippen LogP contribution in [0.4, 0.5) is 0 Å². The maximum atomic E-state index is 12.5. The van der Waals surface area contributed by atoms with E-state index < -0.39 is 0 Å². The monoisotopic (exact) mass is 340 g/mol. The quantitative estimate of drug-likeness (QED) is 0.740. The van der Waals surface area contributed by atoms with Crippen molar-refractivity contribution in [2.75, 3.05) is 19.8 Å². The van der Waals surface area contributed by atoms with Crippen LogP contribution in [-0.2, 0) is 4.74 Å². The van der Waals surface area contributed by atoms with Crippen LogP contribution in [0.2, 0.25) is 0 Å². The molecule has 0 radical (unpaired) electrons. The number of hydrogen-bond donors (Lipinski definition) is 1. The van der Waals surface area contributed by atoms with Gasteiger partial charge in [0.2, 0.25) is 0 Å². The minimum absolute atomic E-state index is 0.00537. The van der Waals surface area contributed by atoms with Crippen LogP contribution in [-0.4, -0.2) is 30.2 Å². The smallest absolute Gasteiger partial charge is 0.253 e. The molecular weight excluding hydrogens is 312 g/mol. The summed E-state index contributed by atoms with van der Waals surface area (Å²) in [5.41, 5.74) is 5.11. The molecule has 1 saturated carbocycles. The Kier molecular flexibility index (Phi) is 5.59. The molecule has 1 aromatic heterocycles. The molecule has 1 heterocycles. The molecule has 25 heavy (non-hydrogen) atoms. The van der Waals surface area contributed by atoms with E-state index in [0.29, 0.717) is 6.54 Å². The number of amides is 1. The van der Waals surface area contributed by atoms with Gasteiger partial charge in [0, 0.05) is 36.8 Å². The molecule has 1 aromatic carbocycles. The van der Waals surface area contributed by atoms with Crippen LogP contribution in [0.15, 0.2) is 30.3 Å². The topological polar surface area (TPSA) is 43.3 Å². The molecule has 0 spiro atoms. The van der Waals surface area contributed by atoms with Gasteiger partial charge in [-0.25, -0.2) is 0 Å². The first-order chi connectivity index (χ1) is 12.1. The zero-order valence-electron chi connectivity index (χ0n) is 15.5. The molecule has 1 aliphatic carbocycles. The second-order valence-corrected chi connectivity index (χ2v) is 7.09. The summed E-state index contributed by atoms with van der Waals surface area (Å²) in [4.78, 5) is 12.5. The third-order valence-electron chi connectivity index (χ3n) is 4.74. The van der Waals surface area contributed by atoms with E-state index in [1.807, 2.05) is 26.0 Å². The molecule has 4 heteroatoms. The Balaban J connectivity index is 1.58. The predicted molar refractivity (Wildman–Crippen MR) is 100 cm³/mol. The Morgan fingerprint density at radius 1 is 1.24 bits per heavy atom. The molecule has 3 rings (SSSR count). The molecule has 1 amide bonds. The number of carbonyl (C=O) groups excluding carboxylic acids is 1. The van der Waals surface area contributed by atoms with Gasteiger partial charge in [-0.2, -0.15) is 0 Å². The number of carbonyl (C=O) groups is 1. The van der Waals surface area contributed by atoms with E-state index in [4.69, 9.17) is 4.74 Å². The molecule has 1 aliphatic rings. The van der Waals surface area contributed by atoms with Gasteiger partial charge in [0.25, 0.3) is 5.91 Å². The predicted octanol–water partition coefficient (Wildman–Crippen LogP) is 3.95.